The van der Waals surface area contributed by atoms with Gasteiger partial charge in [-0.2, -0.15) is 5.53 Å². The molecular formula is C16H28N4. The van der Waals surface area contributed by atoms with Crippen LogP contribution in [0.3, 0.4) is 0 Å². The molecule has 1 saturated heterocycles. The Labute approximate surface area is 122 Å². The molecule has 1 fully saturated rings. The Morgan fingerprint density at radius 2 is 1.85 bits per heavy atom. The zero-order valence-electron chi connectivity index (χ0n) is 12.9. The molecule has 2 rings (SSSR count). The predicted molar refractivity (Wildman–Crippen MR) is 84.0 cm³/mol. The van der Waals surface area contributed by atoms with Gasteiger partial charge in [-0.25, -0.2) is 10.9 Å². The quantitative estimate of drug-likeness (QED) is 0.639. The van der Waals surface area contributed by atoms with E-state index in [2.05, 4.69) is 66.7 Å². The Balaban J connectivity index is 1.70. The lowest BCUT2D eigenvalue weighted by Gasteiger charge is -2.17. The van der Waals surface area contributed by atoms with Crippen molar-refractivity contribution in [1.82, 2.24) is 21.7 Å². The van der Waals surface area contributed by atoms with Crippen molar-refractivity contribution >= 4 is 0 Å². The van der Waals surface area contributed by atoms with Gasteiger partial charge in [0.1, 0.15) is 0 Å². The van der Waals surface area contributed by atoms with Crippen molar-refractivity contribution in [2.75, 3.05) is 13.1 Å². The Morgan fingerprint density at radius 1 is 1.15 bits per heavy atom. The van der Waals surface area contributed by atoms with Crippen LogP contribution >= 0.6 is 0 Å². The summed E-state index contributed by atoms with van der Waals surface area (Å²) >= 11 is 0. The molecule has 1 heterocycles. The lowest BCUT2D eigenvalue weighted by molar-refractivity contribution is 0.378. The zero-order chi connectivity index (χ0) is 14.4. The van der Waals surface area contributed by atoms with Gasteiger partial charge in [0.2, 0.25) is 0 Å². The first-order valence-corrected chi connectivity index (χ1v) is 7.55. The first kappa shape index (κ1) is 15.4. The first-order chi connectivity index (χ1) is 9.53. The molecule has 1 unspecified atom stereocenters. The van der Waals surface area contributed by atoms with Gasteiger partial charge >= 0.3 is 0 Å². The molecule has 112 valence electrons. The summed E-state index contributed by atoms with van der Waals surface area (Å²) in [5.74, 6) is 0. The number of hydrogen-bond donors (Lipinski definition) is 4. The highest BCUT2D eigenvalue weighted by molar-refractivity contribution is 5.22. The minimum Gasteiger partial charge on any atom is -0.311 e. The molecule has 1 aromatic carbocycles. The Morgan fingerprint density at radius 3 is 2.45 bits per heavy atom. The maximum atomic E-state index is 3.48. The molecule has 0 aliphatic carbocycles. The minimum absolute atomic E-state index is 0.413. The number of nitrogens with one attached hydrogen (secondary N) is 4. The summed E-state index contributed by atoms with van der Waals surface area (Å²) in [5, 5.41) is 3.48. The second-order valence-electron chi connectivity index (χ2n) is 6.86. The van der Waals surface area contributed by atoms with Gasteiger partial charge in [0.05, 0.1) is 0 Å². The molecule has 0 bridgehead atoms. The zero-order valence-corrected chi connectivity index (χ0v) is 12.9. The normalized spacial score (nSPS) is 19.4. The summed E-state index contributed by atoms with van der Waals surface area (Å²) < 4.78 is 0. The van der Waals surface area contributed by atoms with Crippen LogP contribution in [-0.4, -0.2) is 19.1 Å². The van der Waals surface area contributed by atoms with Gasteiger partial charge in [-0.15, -0.1) is 0 Å². The van der Waals surface area contributed by atoms with Crippen molar-refractivity contribution in [2.45, 2.75) is 46.2 Å². The average Bonchev–Trinajstić information content (AvgIpc) is 2.90. The highest BCUT2D eigenvalue weighted by atomic mass is 15.6. The summed E-state index contributed by atoms with van der Waals surface area (Å²) in [4.78, 5) is 0. The van der Waals surface area contributed by atoms with Crippen LogP contribution in [0, 0.1) is 5.41 Å². The van der Waals surface area contributed by atoms with E-state index in [-0.39, 0.29) is 0 Å². The van der Waals surface area contributed by atoms with E-state index in [4.69, 9.17) is 0 Å². The summed E-state index contributed by atoms with van der Waals surface area (Å²) in [5.41, 5.74) is 12.3. The third-order valence-electron chi connectivity index (χ3n) is 3.62. The second kappa shape index (κ2) is 7.18. The van der Waals surface area contributed by atoms with Crippen molar-refractivity contribution in [3.8, 4) is 0 Å². The smallest absolute Gasteiger partial charge is 0.0490 e. The van der Waals surface area contributed by atoms with Gasteiger partial charge in [0, 0.05) is 25.7 Å². The van der Waals surface area contributed by atoms with E-state index in [1.54, 1.807) is 0 Å². The summed E-state index contributed by atoms with van der Waals surface area (Å²) in [6.07, 6.45) is 2.40. The molecule has 4 heteroatoms. The van der Waals surface area contributed by atoms with E-state index in [0.29, 0.717) is 11.5 Å². The lowest BCUT2D eigenvalue weighted by atomic mass is 9.88. The van der Waals surface area contributed by atoms with Crippen LogP contribution in [0.25, 0.3) is 0 Å². The van der Waals surface area contributed by atoms with Crippen LogP contribution in [0.15, 0.2) is 24.3 Å². The van der Waals surface area contributed by atoms with Crippen molar-refractivity contribution in [1.29, 1.82) is 0 Å². The van der Waals surface area contributed by atoms with Gasteiger partial charge in [0.15, 0.2) is 0 Å². The molecule has 4 nitrogen and oxygen atoms in total. The summed E-state index contributed by atoms with van der Waals surface area (Å²) in [7, 11) is 0. The van der Waals surface area contributed by atoms with Crippen LogP contribution in [-0.2, 0) is 13.0 Å². The summed E-state index contributed by atoms with van der Waals surface area (Å²) in [6.45, 7) is 9.74. The van der Waals surface area contributed by atoms with E-state index in [9.17, 15) is 0 Å². The van der Waals surface area contributed by atoms with Gasteiger partial charge in [-0.3, -0.25) is 0 Å². The third kappa shape index (κ3) is 5.59. The predicted octanol–water partition coefficient (Wildman–Crippen LogP) is 1.74. The molecule has 0 aromatic heterocycles. The first-order valence-electron chi connectivity index (χ1n) is 7.55. The third-order valence-corrected chi connectivity index (χ3v) is 3.62. The topological polar surface area (TPSA) is 48.1 Å². The van der Waals surface area contributed by atoms with Gasteiger partial charge in [-0.05, 0) is 29.4 Å². The molecule has 20 heavy (non-hydrogen) atoms. The molecule has 1 aliphatic rings. The second-order valence-corrected chi connectivity index (χ2v) is 6.86. The summed E-state index contributed by atoms with van der Waals surface area (Å²) in [6, 6.07) is 9.47. The molecule has 0 radical (unpaired) electrons. The SMILES string of the molecule is CC(C)(C)CCc1ccc(CNCC2CNNN2)cc1. The van der Waals surface area contributed by atoms with Crippen LogP contribution in [0.1, 0.15) is 38.3 Å². The van der Waals surface area contributed by atoms with Crippen LogP contribution in [0.2, 0.25) is 0 Å². The maximum absolute atomic E-state index is 3.48. The van der Waals surface area contributed by atoms with Crippen molar-refractivity contribution in [3.05, 3.63) is 35.4 Å². The number of benzene rings is 1. The van der Waals surface area contributed by atoms with Gasteiger partial charge < -0.3 is 5.32 Å². The van der Waals surface area contributed by atoms with Crippen LogP contribution in [0.5, 0.6) is 0 Å². The molecule has 0 amide bonds. The van der Waals surface area contributed by atoms with E-state index in [1.807, 2.05) is 0 Å². The Bertz CT molecular complexity index is 388. The molecule has 1 aromatic rings. The molecular weight excluding hydrogens is 248 g/mol. The fourth-order valence-electron chi connectivity index (χ4n) is 2.24. The number of aryl methyl sites for hydroxylation is 1. The van der Waals surface area contributed by atoms with Crippen molar-refractivity contribution < 1.29 is 0 Å². The van der Waals surface area contributed by atoms with Gasteiger partial charge in [0.25, 0.3) is 0 Å². The minimum atomic E-state index is 0.413. The fraction of sp³-hybridized carbons (Fsp3) is 0.625. The lowest BCUT2D eigenvalue weighted by Crippen LogP contribution is -2.39. The maximum Gasteiger partial charge on any atom is 0.0490 e. The van der Waals surface area contributed by atoms with Crippen molar-refractivity contribution in [3.63, 3.8) is 0 Å². The molecule has 1 atom stereocenters. The van der Waals surface area contributed by atoms with E-state index in [1.165, 1.54) is 24.0 Å². The number of hydrazine groups is 2. The van der Waals surface area contributed by atoms with E-state index >= 15 is 0 Å². The number of hydrogen-bond acceptors (Lipinski definition) is 4. The average molecular weight is 276 g/mol. The number of rotatable bonds is 6. The van der Waals surface area contributed by atoms with E-state index in [0.717, 1.165) is 19.6 Å². The monoisotopic (exact) mass is 276 g/mol. The van der Waals surface area contributed by atoms with Crippen LogP contribution in [0.4, 0.5) is 0 Å². The van der Waals surface area contributed by atoms with Crippen molar-refractivity contribution in [2.24, 2.45) is 5.41 Å². The molecule has 4 N–H and O–H groups in total. The molecule has 1 aliphatic heterocycles. The standard InChI is InChI=1S/C16H28N4/c1-16(2,3)9-8-13-4-6-14(7-5-13)10-17-11-15-12-18-20-19-15/h4-7,15,17-20H,8-12H2,1-3H3. The van der Waals surface area contributed by atoms with E-state index < -0.39 is 0 Å². The Kier molecular flexibility index (Phi) is 5.54. The molecule has 0 saturated carbocycles. The molecule has 0 spiro atoms. The Hall–Kier alpha value is -0.940. The van der Waals surface area contributed by atoms with Gasteiger partial charge in [-0.1, -0.05) is 45.0 Å². The fourth-order valence-corrected chi connectivity index (χ4v) is 2.24. The highest BCUT2D eigenvalue weighted by Crippen LogP contribution is 2.21. The van der Waals surface area contributed by atoms with Crippen LogP contribution < -0.4 is 21.7 Å². The largest absolute Gasteiger partial charge is 0.311 e. The highest BCUT2D eigenvalue weighted by Gasteiger charge is 2.12.